The number of nitro groups is 1. The Morgan fingerprint density at radius 2 is 1.65 bits per heavy atom. The smallest absolute Gasteiger partial charge is 0.269 e. The second-order valence-corrected chi connectivity index (χ2v) is 19.6. The number of aliphatic hydroxyl groups is 2. The number of unbranched alkanes of at least 4 members (excludes halogenated alkanes) is 2. The molecule has 1 amide bonds. The van der Waals surface area contributed by atoms with Gasteiger partial charge in [-0.2, -0.15) is 0 Å². The molecule has 386 valence electrons. The number of nitro benzene ring substituents is 1. The van der Waals surface area contributed by atoms with E-state index in [0.717, 1.165) is 66.0 Å². The lowest BCUT2D eigenvalue weighted by atomic mass is 9.55. The molecule has 15 nitrogen and oxygen atoms in total. The Balaban J connectivity index is 1.16. The number of non-ortho nitro benzene ring substituents is 1. The van der Waals surface area contributed by atoms with Gasteiger partial charge in [0.1, 0.15) is 23.3 Å². The summed E-state index contributed by atoms with van der Waals surface area (Å²) in [6.45, 7) is 5.01. The Kier molecular flexibility index (Phi) is 15.7. The van der Waals surface area contributed by atoms with Crippen LogP contribution in [0, 0.1) is 27.9 Å². The summed E-state index contributed by atoms with van der Waals surface area (Å²) in [5.74, 6) is 0.199. The van der Waals surface area contributed by atoms with Crippen molar-refractivity contribution in [2.24, 2.45) is 22.9 Å². The molecule has 0 spiro atoms. The van der Waals surface area contributed by atoms with Crippen LogP contribution >= 0.6 is 0 Å². The van der Waals surface area contributed by atoms with E-state index in [1.807, 2.05) is 60.7 Å². The number of rotatable bonds is 21. The zero-order chi connectivity index (χ0) is 51.0. The molecule has 74 heavy (non-hydrogen) atoms. The molecular formula is C59H63N3O12. The van der Waals surface area contributed by atoms with Crippen molar-refractivity contribution in [3.05, 3.63) is 160 Å². The van der Waals surface area contributed by atoms with Crippen molar-refractivity contribution < 1.29 is 53.2 Å². The summed E-state index contributed by atoms with van der Waals surface area (Å²) < 4.78 is 39.1. The highest BCUT2D eigenvalue weighted by atomic mass is 16.8. The molecule has 0 bridgehead atoms. The monoisotopic (exact) mass is 1010 g/mol. The van der Waals surface area contributed by atoms with Crippen molar-refractivity contribution in [2.45, 2.75) is 94.8 Å². The molecule has 7 atom stereocenters. The third-order valence-electron chi connectivity index (χ3n) is 15.0. The van der Waals surface area contributed by atoms with Crippen LogP contribution in [0.25, 0.3) is 16.8 Å². The summed E-state index contributed by atoms with van der Waals surface area (Å²) in [5.41, 5.74) is 3.73. The molecule has 5 aromatic rings. The maximum absolute atomic E-state index is 15.4. The number of aliphatic hydroxyl groups excluding tert-OH is 2. The van der Waals surface area contributed by atoms with E-state index in [4.69, 9.17) is 38.4 Å². The zero-order valence-electron chi connectivity index (χ0n) is 41.4. The topological polar surface area (TPSA) is 181 Å². The first-order chi connectivity index (χ1) is 36.2. The average molecular weight is 1010 g/mol. The number of amides is 1. The zero-order valence-corrected chi connectivity index (χ0v) is 41.4. The fourth-order valence-electron chi connectivity index (χ4n) is 11.5. The summed E-state index contributed by atoms with van der Waals surface area (Å²) >= 11 is 0. The van der Waals surface area contributed by atoms with Crippen LogP contribution in [0.5, 0.6) is 28.7 Å². The van der Waals surface area contributed by atoms with E-state index >= 15 is 4.79 Å². The second-order valence-electron chi connectivity index (χ2n) is 19.6. The van der Waals surface area contributed by atoms with Gasteiger partial charge in [-0.25, -0.2) is 0 Å². The highest BCUT2D eigenvalue weighted by Crippen LogP contribution is 2.62. The molecule has 2 N–H and O–H groups in total. The van der Waals surface area contributed by atoms with Crippen LogP contribution in [-0.2, 0) is 25.7 Å². The van der Waals surface area contributed by atoms with E-state index in [1.165, 1.54) is 18.2 Å². The van der Waals surface area contributed by atoms with Gasteiger partial charge in [-0.05, 0) is 139 Å². The summed E-state index contributed by atoms with van der Waals surface area (Å²) in [6, 6.07) is 30.9. The first-order valence-electron chi connectivity index (χ1n) is 25.9. The first-order valence-corrected chi connectivity index (χ1v) is 25.9. The van der Waals surface area contributed by atoms with Gasteiger partial charge in [0.05, 0.1) is 29.8 Å². The molecule has 1 saturated carbocycles. The summed E-state index contributed by atoms with van der Waals surface area (Å²) in [7, 11) is 0. The molecule has 2 aliphatic carbocycles. The van der Waals surface area contributed by atoms with Gasteiger partial charge in [-0.1, -0.05) is 66.5 Å². The maximum Gasteiger partial charge on any atom is 0.269 e. The van der Waals surface area contributed by atoms with Crippen LogP contribution in [0.2, 0.25) is 0 Å². The lowest BCUT2D eigenvalue weighted by Gasteiger charge is -2.60. The lowest BCUT2D eigenvalue weighted by molar-refractivity contribution is -0.384. The van der Waals surface area contributed by atoms with Crippen LogP contribution in [0.3, 0.4) is 0 Å². The fraction of sp³-hybridized carbons (Fsp3) is 0.390. The van der Waals surface area contributed by atoms with Gasteiger partial charge in [0.2, 0.25) is 24.8 Å². The molecule has 5 aliphatic rings. The first kappa shape index (κ1) is 50.5. The van der Waals surface area contributed by atoms with Crippen LogP contribution in [0.1, 0.15) is 86.8 Å². The molecule has 0 radical (unpaired) electrons. The third kappa shape index (κ3) is 10.8. The van der Waals surface area contributed by atoms with E-state index in [0.29, 0.717) is 65.9 Å². The SMILES string of the molecule is C=CCO[C@@]12Oc3ccc(Oc4ccc5ccccc5c4)cc3[C@H]3[C@H](CCCCO)[C@@H](CCCCO)C=C(C(=NOC4CCCCO4)C[C@@H]1N(Cc1ccc4c(c1)OCO4)C(=O)C=Cc1ccc([N+](=O)[O-])cc1)[C@H]32. The molecule has 1 unspecified atom stereocenters. The number of fused-ring (bicyclic) bond motifs is 4. The van der Waals surface area contributed by atoms with Crippen molar-refractivity contribution in [1.82, 2.24) is 4.90 Å². The normalized spacial score (nSPS) is 24.1. The van der Waals surface area contributed by atoms with E-state index < -0.39 is 29.0 Å². The molecule has 0 aromatic heterocycles. The molecular weight excluding hydrogens is 943 g/mol. The Morgan fingerprint density at radius 3 is 2.43 bits per heavy atom. The van der Waals surface area contributed by atoms with Crippen LogP contribution in [0.15, 0.2) is 139 Å². The van der Waals surface area contributed by atoms with Crippen LogP contribution < -0.4 is 18.9 Å². The number of allylic oxidation sites excluding steroid dienone is 1. The second kappa shape index (κ2) is 23.0. The highest BCUT2D eigenvalue weighted by Gasteiger charge is 2.65. The number of benzene rings is 5. The van der Waals surface area contributed by atoms with E-state index in [-0.39, 0.29) is 68.9 Å². The number of carbonyl (C=O) groups is 1. The van der Waals surface area contributed by atoms with Gasteiger partial charge in [-0.15, -0.1) is 6.58 Å². The summed E-state index contributed by atoms with van der Waals surface area (Å²) in [6.07, 6.45) is 13.6. The molecule has 3 heterocycles. The highest BCUT2D eigenvalue weighted by molar-refractivity contribution is 6.03. The predicted molar refractivity (Wildman–Crippen MR) is 279 cm³/mol. The van der Waals surface area contributed by atoms with Gasteiger partial charge in [0, 0.05) is 62.3 Å². The van der Waals surface area contributed by atoms with Gasteiger partial charge < -0.3 is 48.4 Å². The van der Waals surface area contributed by atoms with E-state index in [2.05, 4.69) is 30.9 Å². The van der Waals surface area contributed by atoms with Gasteiger partial charge in [-0.3, -0.25) is 14.9 Å². The van der Waals surface area contributed by atoms with Crippen LogP contribution in [-0.4, -0.2) is 83.0 Å². The van der Waals surface area contributed by atoms with Crippen molar-refractivity contribution in [2.75, 3.05) is 33.2 Å². The van der Waals surface area contributed by atoms with Gasteiger partial charge >= 0.3 is 0 Å². The Labute approximate surface area is 430 Å². The minimum Gasteiger partial charge on any atom is -0.459 e. The van der Waals surface area contributed by atoms with Crippen LogP contribution in [0.4, 0.5) is 5.69 Å². The number of oxime groups is 1. The lowest BCUT2D eigenvalue weighted by Crippen LogP contribution is -2.70. The minimum atomic E-state index is -1.56. The van der Waals surface area contributed by atoms with E-state index in [1.54, 1.807) is 29.2 Å². The summed E-state index contributed by atoms with van der Waals surface area (Å²) in [4.78, 5) is 34.7. The van der Waals surface area contributed by atoms with Crippen molar-refractivity contribution in [3.8, 4) is 28.7 Å². The summed E-state index contributed by atoms with van der Waals surface area (Å²) in [5, 5.41) is 38.9. The average Bonchev–Trinajstić information content (AvgIpc) is 3.93. The maximum atomic E-state index is 15.4. The standard InChI is InChI=1S/C59H63N3O12/c1-2-30-71-59-54(61(37-40-18-25-52-53(32-40)70-38-69-52)55(65)27-19-39-16-21-44(22-17-39)62(66)67)36-50(60-74-56-15-7-10-31-68-56)48-34-43(13-5-8-28-63)47(14-6-9-29-64)57(58(48)59)49-35-46(24-26-51(49)73-59)72-45-23-20-41-11-3-4-12-42(41)33-45/h2-4,11-12,16-27,32-35,43,47,54,56-58,63-64H,1,5-10,13-15,28-31,36-38H2/t43-,47+,54-,56?,57+,58+,59+/m0/s1. The van der Waals surface area contributed by atoms with Crippen molar-refractivity contribution in [3.63, 3.8) is 0 Å². The Hall–Kier alpha value is -7.04. The molecule has 15 heteroatoms. The van der Waals surface area contributed by atoms with E-state index in [9.17, 15) is 20.3 Å². The molecule has 3 aliphatic heterocycles. The third-order valence-corrected chi connectivity index (χ3v) is 15.0. The minimum absolute atomic E-state index is 0.00767. The van der Waals surface area contributed by atoms with Gasteiger partial charge in [0.15, 0.2) is 11.5 Å². The molecule has 2 fully saturated rings. The largest absolute Gasteiger partial charge is 0.459 e. The Morgan fingerprint density at radius 1 is 0.878 bits per heavy atom. The quantitative estimate of drug-likeness (QED) is 0.0234. The molecule has 10 rings (SSSR count). The number of hydrogen-bond acceptors (Lipinski definition) is 13. The molecule has 5 aromatic carbocycles. The van der Waals surface area contributed by atoms with Crippen molar-refractivity contribution in [1.29, 1.82) is 0 Å². The van der Waals surface area contributed by atoms with Crippen molar-refractivity contribution >= 4 is 34.2 Å². The fourth-order valence-corrected chi connectivity index (χ4v) is 11.5. The Bertz CT molecular complexity index is 2910. The van der Waals surface area contributed by atoms with Gasteiger partial charge in [0.25, 0.3) is 5.69 Å². The number of nitrogens with zero attached hydrogens (tertiary/aromatic N) is 3. The number of ether oxygens (including phenoxy) is 6. The molecule has 1 saturated heterocycles. The predicted octanol–water partition coefficient (Wildman–Crippen LogP) is 11.2. The number of hydrogen-bond donors (Lipinski definition) is 2. The number of carbonyl (C=O) groups excluding carboxylic acids is 1.